The van der Waals surface area contributed by atoms with Crippen LogP contribution in [0.3, 0.4) is 0 Å². The highest BCUT2D eigenvalue weighted by molar-refractivity contribution is 6.30. The summed E-state index contributed by atoms with van der Waals surface area (Å²) in [6, 6.07) is 7.67. The van der Waals surface area contributed by atoms with Crippen LogP contribution in [-0.2, 0) is 4.79 Å². The summed E-state index contributed by atoms with van der Waals surface area (Å²) in [6.45, 7) is 2.66. The van der Waals surface area contributed by atoms with Gasteiger partial charge in [0.05, 0.1) is 6.04 Å². The Kier molecular flexibility index (Phi) is 6.16. The van der Waals surface area contributed by atoms with Crippen molar-refractivity contribution in [2.24, 2.45) is 5.73 Å². The van der Waals surface area contributed by atoms with Crippen LogP contribution in [0.25, 0.3) is 0 Å². The van der Waals surface area contributed by atoms with E-state index in [4.69, 9.17) is 17.3 Å². The summed E-state index contributed by atoms with van der Waals surface area (Å²) < 4.78 is 0. The number of rotatable bonds is 6. The first-order valence-corrected chi connectivity index (χ1v) is 6.65. The van der Waals surface area contributed by atoms with Crippen molar-refractivity contribution in [2.75, 3.05) is 13.6 Å². The van der Waals surface area contributed by atoms with E-state index < -0.39 is 0 Å². The molecule has 3 nitrogen and oxygen atoms in total. The molecule has 18 heavy (non-hydrogen) atoms. The maximum atomic E-state index is 12.0. The molecule has 1 aromatic rings. The van der Waals surface area contributed by atoms with Gasteiger partial charge < -0.3 is 10.6 Å². The van der Waals surface area contributed by atoms with Crippen LogP contribution < -0.4 is 5.73 Å². The molecule has 0 radical (unpaired) electrons. The second kappa shape index (κ2) is 7.39. The minimum Gasteiger partial charge on any atom is -0.339 e. The highest BCUT2D eigenvalue weighted by Gasteiger charge is 2.16. The number of carbonyl (C=O) groups is 1. The lowest BCUT2D eigenvalue weighted by atomic mass is 10.1. The Hall–Kier alpha value is -1.06. The molecule has 0 aliphatic carbocycles. The van der Waals surface area contributed by atoms with Crippen molar-refractivity contribution in [3.63, 3.8) is 0 Å². The molecule has 0 saturated heterocycles. The SMILES string of the molecule is CC(c1ccc(Cl)cc1)N(C)C(=O)CCCCN. The number of nitrogens with two attached hydrogens (primary N) is 1. The topological polar surface area (TPSA) is 46.3 Å². The van der Waals surface area contributed by atoms with Crippen LogP contribution in [0.5, 0.6) is 0 Å². The third kappa shape index (κ3) is 4.31. The number of carbonyl (C=O) groups excluding carboxylic acids is 1. The van der Waals surface area contributed by atoms with Crippen LogP contribution in [0.4, 0.5) is 0 Å². The summed E-state index contributed by atoms with van der Waals surface area (Å²) in [4.78, 5) is 13.7. The fourth-order valence-electron chi connectivity index (χ4n) is 1.78. The van der Waals surface area contributed by atoms with Gasteiger partial charge >= 0.3 is 0 Å². The molecular formula is C14H21ClN2O. The third-order valence-corrected chi connectivity index (χ3v) is 3.42. The maximum absolute atomic E-state index is 12.0. The summed E-state index contributed by atoms with van der Waals surface area (Å²) in [5, 5.41) is 0.711. The highest BCUT2D eigenvalue weighted by atomic mass is 35.5. The largest absolute Gasteiger partial charge is 0.339 e. The maximum Gasteiger partial charge on any atom is 0.222 e. The van der Waals surface area contributed by atoms with E-state index in [1.54, 1.807) is 4.90 Å². The van der Waals surface area contributed by atoms with Gasteiger partial charge in [-0.1, -0.05) is 23.7 Å². The highest BCUT2D eigenvalue weighted by Crippen LogP contribution is 2.21. The Morgan fingerprint density at radius 2 is 1.94 bits per heavy atom. The number of benzene rings is 1. The smallest absolute Gasteiger partial charge is 0.222 e. The zero-order chi connectivity index (χ0) is 13.5. The van der Waals surface area contributed by atoms with E-state index in [1.807, 2.05) is 38.2 Å². The molecule has 1 amide bonds. The number of nitrogens with zero attached hydrogens (tertiary/aromatic N) is 1. The van der Waals surface area contributed by atoms with E-state index in [9.17, 15) is 4.79 Å². The van der Waals surface area contributed by atoms with Crippen molar-refractivity contribution in [3.8, 4) is 0 Å². The van der Waals surface area contributed by atoms with Crippen LogP contribution in [0.1, 0.15) is 37.8 Å². The molecule has 0 aliphatic rings. The van der Waals surface area contributed by atoms with Crippen LogP contribution in [0.2, 0.25) is 5.02 Å². The van der Waals surface area contributed by atoms with Gasteiger partial charge in [0.25, 0.3) is 0 Å². The number of hydrogen-bond donors (Lipinski definition) is 1. The lowest BCUT2D eigenvalue weighted by Crippen LogP contribution is -2.29. The molecule has 1 aromatic carbocycles. The lowest BCUT2D eigenvalue weighted by molar-refractivity contribution is -0.131. The molecule has 0 saturated carbocycles. The van der Waals surface area contributed by atoms with Crippen molar-refractivity contribution in [1.29, 1.82) is 0 Å². The Balaban J connectivity index is 2.57. The molecule has 0 spiro atoms. The molecule has 0 aliphatic heterocycles. The standard InChI is InChI=1S/C14H21ClN2O/c1-11(12-6-8-13(15)9-7-12)17(2)14(18)5-3-4-10-16/h6-9,11H,3-5,10,16H2,1-2H3. The van der Waals surface area contributed by atoms with E-state index in [1.165, 1.54) is 0 Å². The summed E-state index contributed by atoms with van der Waals surface area (Å²) in [5.41, 5.74) is 6.51. The summed E-state index contributed by atoms with van der Waals surface area (Å²) in [6.07, 6.45) is 2.31. The number of hydrogen-bond acceptors (Lipinski definition) is 2. The van der Waals surface area contributed by atoms with E-state index in [-0.39, 0.29) is 11.9 Å². The summed E-state index contributed by atoms with van der Waals surface area (Å²) >= 11 is 5.85. The summed E-state index contributed by atoms with van der Waals surface area (Å²) in [7, 11) is 1.84. The van der Waals surface area contributed by atoms with E-state index in [2.05, 4.69) is 0 Å². The first-order chi connectivity index (χ1) is 8.56. The molecule has 1 rings (SSSR count). The first kappa shape index (κ1) is 15.0. The van der Waals surface area contributed by atoms with Gasteiger partial charge in [0.1, 0.15) is 0 Å². The third-order valence-electron chi connectivity index (χ3n) is 3.17. The number of unbranched alkanes of at least 4 members (excludes halogenated alkanes) is 1. The van der Waals surface area contributed by atoms with E-state index in [0.29, 0.717) is 18.0 Å². The molecule has 100 valence electrons. The Morgan fingerprint density at radius 3 is 2.50 bits per heavy atom. The number of halogens is 1. The molecule has 0 heterocycles. The lowest BCUT2D eigenvalue weighted by Gasteiger charge is -2.25. The van der Waals surface area contributed by atoms with Crippen molar-refractivity contribution in [2.45, 2.75) is 32.2 Å². The van der Waals surface area contributed by atoms with Crippen LogP contribution >= 0.6 is 11.6 Å². The van der Waals surface area contributed by atoms with E-state index >= 15 is 0 Å². The molecule has 2 N–H and O–H groups in total. The van der Waals surface area contributed by atoms with Crippen LogP contribution in [0, 0.1) is 0 Å². The van der Waals surface area contributed by atoms with Gasteiger partial charge in [0.15, 0.2) is 0 Å². The van der Waals surface area contributed by atoms with Crippen LogP contribution in [-0.4, -0.2) is 24.4 Å². The second-order valence-corrected chi connectivity index (χ2v) is 4.91. The zero-order valence-corrected chi connectivity index (χ0v) is 11.8. The fraction of sp³-hybridized carbons (Fsp3) is 0.500. The molecule has 4 heteroatoms. The Bertz CT molecular complexity index is 378. The first-order valence-electron chi connectivity index (χ1n) is 6.27. The fourth-order valence-corrected chi connectivity index (χ4v) is 1.90. The predicted octanol–water partition coefficient (Wildman–Crippen LogP) is 2.99. The Morgan fingerprint density at radius 1 is 1.33 bits per heavy atom. The molecule has 1 unspecified atom stereocenters. The van der Waals surface area contributed by atoms with E-state index in [0.717, 1.165) is 18.4 Å². The molecule has 0 bridgehead atoms. The van der Waals surface area contributed by atoms with Gasteiger partial charge in [-0.2, -0.15) is 0 Å². The normalized spacial score (nSPS) is 12.2. The van der Waals surface area contributed by atoms with Crippen molar-refractivity contribution >= 4 is 17.5 Å². The van der Waals surface area contributed by atoms with Crippen LogP contribution in [0.15, 0.2) is 24.3 Å². The molecule has 0 fully saturated rings. The monoisotopic (exact) mass is 268 g/mol. The summed E-state index contributed by atoms with van der Waals surface area (Å²) in [5.74, 6) is 0.158. The predicted molar refractivity (Wildman–Crippen MR) is 75.5 cm³/mol. The average Bonchev–Trinajstić information content (AvgIpc) is 2.38. The van der Waals surface area contributed by atoms with Gasteiger partial charge in [0, 0.05) is 18.5 Å². The van der Waals surface area contributed by atoms with Crippen molar-refractivity contribution in [1.82, 2.24) is 4.90 Å². The molecule has 1 atom stereocenters. The van der Waals surface area contributed by atoms with Gasteiger partial charge in [0.2, 0.25) is 5.91 Å². The second-order valence-electron chi connectivity index (χ2n) is 4.48. The van der Waals surface area contributed by atoms with Gasteiger partial charge in [-0.05, 0) is 44.0 Å². The van der Waals surface area contributed by atoms with Gasteiger partial charge in [-0.3, -0.25) is 4.79 Å². The van der Waals surface area contributed by atoms with Gasteiger partial charge in [-0.15, -0.1) is 0 Å². The average molecular weight is 269 g/mol. The minimum atomic E-state index is 0.0626. The zero-order valence-electron chi connectivity index (χ0n) is 11.0. The minimum absolute atomic E-state index is 0.0626. The van der Waals surface area contributed by atoms with Crippen molar-refractivity contribution in [3.05, 3.63) is 34.9 Å². The van der Waals surface area contributed by atoms with Gasteiger partial charge in [-0.25, -0.2) is 0 Å². The Labute approximate surface area is 114 Å². The quantitative estimate of drug-likeness (QED) is 0.806. The molecular weight excluding hydrogens is 248 g/mol. The van der Waals surface area contributed by atoms with Crippen molar-refractivity contribution < 1.29 is 4.79 Å². The number of amides is 1. The molecule has 0 aromatic heterocycles.